The predicted molar refractivity (Wildman–Crippen MR) is 49.4 cm³/mol. The van der Waals surface area contributed by atoms with Crippen LogP contribution in [0.3, 0.4) is 0 Å². The predicted octanol–water partition coefficient (Wildman–Crippen LogP) is -0.817. The van der Waals surface area contributed by atoms with Crippen molar-refractivity contribution >= 4 is 13.8 Å². The Kier molecular flexibility index (Phi) is 9.02. The van der Waals surface area contributed by atoms with E-state index in [2.05, 4.69) is 4.74 Å². The van der Waals surface area contributed by atoms with Gasteiger partial charge in [0.2, 0.25) is 0 Å². The maximum absolute atomic E-state index is 10.5. The summed E-state index contributed by atoms with van der Waals surface area (Å²) in [5.74, 6) is -0.149. The van der Waals surface area contributed by atoms with E-state index in [1.54, 1.807) is 0 Å². The molecule has 0 radical (unpaired) electrons. The van der Waals surface area contributed by atoms with E-state index in [9.17, 15) is 4.79 Å². The monoisotopic (exact) mass is 229 g/mol. The number of hydrogen-bond acceptors (Lipinski definition) is 4. The fourth-order valence-electron chi connectivity index (χ4n) is 0.417. The molecule has 0 fully saturated rings. The van der Waals surface area contributed by atoms with Gasteiger partial charge in [0.25, 0.3) is 0 Å². The van der Waals surface area contributed by atoms with E-state index in [0.717, 1.165) is 6.54 Å². The van der Waals surface area contributed by atoms with Gasteiger partial charge in [-0.3, -0.25) is 4.79 Å². The minimum Gasteiger partial charge on any atom is -0.469 e. The third-order valence-corrected chi connectivity index (χ3v) is 0.991. The van der Waals surface area contributed by atoms with Crippen molar-refractivity contribution in [3.8, 4) is 0 Å². The third kappa shape index (κ3) is 30.0. The molecule has 0 atom stereocenters. The summed E-state index contributed by atoms with van der Waals surface area (Å²) in [5.41, 5.74) is 0. The average Bonchev–Trinajstić information content (AvgIpc) is 1.96. The Morgan fingerprint density at radius 2 is 1.71 bits per heavy atom. The zero-order valence-corrected chi connectivity index (χ0v) is 9.27. The SMILES string of the molecule is COC(=O)CCN(C)C.O=P(O)(O)O. The van der Waals surface area contributed by atoms with Crippen molar-refractivity contribution in [2.75, 3.05) is 27.7 Å². The number of ether oxygens (including phenoxy) is 1. The number of carbonyl (C=O) groups excluding carboxylic acids is 1. The Hall–Kier alpha value is -0.460. The molecule has 14 heavy (non-hydrogen) atoms. The average molecular weight is 229 g/mol. The molecule has 0 saturated heterocycles. The van der Waals surface area contributed by atoms with Crippen LogP contribution < -0.4 is 0 Å². The van der Waals surface area contributed by atoms with E-state index in [-0.39, 0.29) is 5.97 Å². The van der Waals surface area contributed by atoms with E-state index < -0.39 is 7.82 Å². The molecule has 86 valence electrons. The van der Waals surface area contributed by atoms with Crippen molar-refractivity contribution < 1.29 is 28.8 Å². The van der Waals surface area contributed by atoms with Crippen LogP contribution in [-0.4, -0.2) is 53.3 Å². The molecule has 0 aromatic carbocycles. The van der Waals surface area contributed by atoms with E-state index >= 15 is 0 Å². The zero-order valence-electron chi connectivity index (χ0n) is 8.38. The van der Waals surface area contributed by atoms with Gasteiger partial charge in [0.1, 0.15) is 0 Å². The lowest BCUT2D eigenvalue weighted by Gasteiger charge is -2.06. The third-order valence-electron chi connectivity index (χ3n) is 0.991. The van der Waals surface area contributed by atoms with Gasteiger partial charge < -0.3 is 24.3 Å². The van der Waals surface area contributed by atoms with Crippen molar-refractivity contribution in [2.24, 2.45) is 0 Å². The van der Waals surface area contributed by atoms with Gasteiger partial charge in [-0.25, -0.2) is 4.57 Å². The summed E-state index contributed by atoms with van der Waals surface area (Å²) < 4.78 is 13.3. The molecule has 8 heteroatoms. The molecule has 0 spiro atoms. The molecule has 0 rings (SSSR count). The number of esters is 1. The van der Waals surface area contributed by atoms with Crippen LogP contribution in [0.1, 0.15) is 6.42 Å². The van der Waals surface area contributed by atoms with Gasteiger partial charge in [0, 0.05) is 6.54 Å². The Balaban J connectivity index is 0. The number of phosphoric acid groups is 1. The number of hydrogen-bond donors (Lipinski definition) is 3. The fourth-order valence-corrected chi connectivity index (χ4v) is 0.417. The molecule has 0 aromatic heterocycles. The largest absolute Gasteiger partial charge is 0.469 e. The van der Waals surface area contributed by atoms with Crippen LogP contribution in [0.5, 0.6) is 0 Å². The smallest absolute Gasteiger partial charge is 0.466 e. The lowest BCUT2D eigenvalue weighted by Crippen LogP contribution is -2.17. The summed E-state index contributed by atoms with van der Waals surface area (Å²) in [5, 5.41) is 0. The first-order valence-electron chi connectivity index (χ1n) is 3.66. The maximum Gasteiger partial charge on any atom is 0.466 e. The first-order valence-corrected chi connectivity index (χ1v) is 5.23. The number of methoxy groups -OCH3 is 1. The normalized spacial score (nSPS) is 10.5. The summed E-state index contributed by atoms with van der Waals surface area (Å²) in [7, 11) is 0.601. The zero-order chi connectivity index (χ0) is 11.8. The molecular formula is C6H16NO6P. The van der Waals surface area contributed by atoms with E-state index in [1.165, 1.54) is 7.11 Å². The lowest BCUT2D eigenvalue weighted by molar-refractivity contribution is -0.140. The van der Waals surface area contributed by atoms with Crippen LogP contribution >= 0.6 is 7.82 Å². The second-order valence-corrected chi connectivity index (χ2v) is 3.67. The van der Waals surface area contributed by atoms with Crippen LogP contribution in [0.15, 0.2) is 0 Å². The maximum atomic E-state index is 10.5. The first-order chi connectivity index (χ1) is 6.16. The molecule has 0 unspecified atom stereocenters. The molecular weight excluding hydrogens is 213 g/mol. The molecule has 0 aliphatic rings. The van der Waals surface area contributed by atoms with Gasteiger partial charge >= 0.3 is 13.8 Å². The molecule has 0 aliphatic heterocycles. The highest BCUT2D eigenvalue weighted by Crippen LogP contribution is 2.25. The molecule has 0 aliphatic carbocycles. The molecule has 7 nitrogen and oxygen atoms in total. The van der Waals surface area contributed by atoms with Crippen molar-refractivity contribution in [3.63, 3.8) is 0 Å². The van der Waals surface area contributed by atoms with Gasteiger partial charge in [-0.05, 0) is 14.1 Å². The Morgan fingerprint density at radius 3 is 1.93 bits per heavy atom. The van der Waals surface area contributed by atoms with Crippen molar-refractivity contribution in [3.05, 3.63) is 0 Å². The highest BCUT2D eigenvalue weighted by atomic mass is 31.2. The lowest BCUT2D eigenvalue weighted by atomic mass is 10.4. The van der Waals surface area contributed by atoms with Gasteiger partial charge in [-0.2, -0.15) is 0 Å². The summed E-state index contributed by atoms with van der Waals surface area (Å²) in [6.45, 7) is 0.757. The Labute approximate surface area is 82.5 Å². The van der Waals surface area contributed by atoms with Crippen LogP contribution in [0.25, 0.3) is 0 Å². The molecule has 0 bridgehead atoms. The van der Waals surface area contributed by atoms with Gasteiger partial charge in [-0.1, -0.05) is 0 Å². The number of carbonyl (C=O) groups is 1. The van der Waals surface area contributed by atoms with E-state index in [4.69, 9.17) is 19.2 Å². The molecule has 0 heterocycles. The first kappa shape index (κ1) is 16.0. The molecule has 0 amide bonds. The van der Waals surface area contributed by atoms with Gasteiger partial charge in [0.15, 0.2) is 0 Å². The molecule has 3 N–H and O–H groups in total. The molecule has 0 aromatic rings. The summed E-state index contributed by atoms with van der Waals surface area (Å²) in [4.78, 5) is 34.0. The second-order valence-electron chi connectivity index (χ2n) is 2.64. The van der Waals surface area contributed by atoms with Gasteiger partial charge in [0.05, 0.1) is 13.5 Å². The quantitative estimate of drug-likeness (QED) is 0.428. The second kappa shape index (κ2) is 7.90. The van der Waals surface area contributed by atoms with Crippen LogP contribution in [0.2, 0.25) is 0 Å². The van der Waals surface area contributed by atoms with Crippen molar-refractivity contribution in [2.45, 2.75) is 6.42 Å². The topological polar surface area (TPSA) is 107 Å². The summed E-state index contributed by atoms with van der Waals surface area (Å²) in [6, 6.07) is 0. The number of nitrogens with zero attached hydrogens (tertiary/aromatic N) is 1. The van der Waals surface area contributed by atoms with Crippen LogP contribution in [0.4, 0.5) is 0 Å². The van der Waals surface area contributed by atoms with Crippen LogP contribution in [-0.2, 0) is 14.1 Å². The minimum atomic E-state index is -4.64. The van der Waals surface area contributed by atoms with Crippen molar-refractivity contribution in [1.82, 2.24) is 4.90 Å². The summed E-state index contributed by atoms with van der Waals surface area (Å²) >= 11 is 0. The fraction of sp³-hybridized carbons (Fsp3) is 0.833. The minimum absolute atomic E-state index is 0.149. The highest BCUT2D eigenvalue weighted by molar-refractivity contribution is 7.45. The Bertz CT molecular complexity index is 192. The van der Waals surface area contributed by atoms with Crippen LogP contribution in [0, 0.1) is 0 Å². The van der Waals surface area contributed by atoms with Gasteiger partial charge in [-0.15, -0.1) is 0 Å². The standard InChI is InChI=1S/C6H13NO2.H3O4P/c1-7(2)5-4-6(8)9-3;1-5(2,3)4/h4-5H2,1-3H3;(H3,1,2,3,4). The molecule has 0 saturated carbocycles. The number of rotatable bonds is 3. The van der Waals surface area contributed by atoms with E-state index in [0.29, 0.717) is 6.42 Å². The Morgan fingerprint density at radius 1 is 1.36 bits per heavy atom. The highest BCUT2D eigenvalue weighted by Gasteiger charge is 2.00. The van der Waals surface area contributed by atoms with E-state index in [1.807, 2.05) is 19.0 Å². The summed E-state index contributed by atoms with van der Waals surface area (Å²) in [6.07, 6.45) is 0.476. The van der Waals surface area contributed by atoms with Crippen molar-refractivity contribution in [1.29, 1.82) is 0 Å².